The van der Waals surface area contributed by atoms with Crippen LogP contribution in [0.4, 0.5) is 14.5 Å². The van der Waals surface area contributed by atoms with Crippen LogP contribution in [0.1, 0.15) is 19.3 Å². The number of carbonyl (C=O) groups excluding carboxylic acids is 1. The summed E-state index contributed by atoms with van der Waals surface area (Å²) in [5.74, 6) is -4.26. The SMILES string of the molecule is O=C(O)[C@@H]1[C@@H]2CC[C@@H](C2)[C@@H]1C(=O)Nc1cc(F)ccc1F. The maximum atomic E-state index is 13.6. The van der Waals surface area contributed by atoms with Crippen molar-refractivity contribution in [2.45, 2.75) is 19.3 Å². The minimum atomic E-state index is -0.984. The van der Waals surface area contributed by atoms with Crippen LogP contribution in [0.25, 0.3) is 0 Å². The fraction of sp³-hybridized carbons (Fsp3) is 0.467. The van der Waals surface area contributed by atoms with Crippen molar-refractivity contribution in [3.63, 3.8) is 0 Å². The zero-order valence-electron chi connectivity index (χ0n) is 11.2. The van der Waals surface area contributed by atoms with Gasteiger partial charge in [-0.1, -0.05) is 0 Å². The largest absolute Gasteiger partial charge is 0.481 e. The Morgan fingerprint density at radius 2 is 1.81 bits per heavy atom. The molecule has 2 N–H and O–H groups in total. The Morgan fingerprint density at radius 3 is 2.48 bits per heavy atom. The van der Waals surface area contributed by atoms with E-state index in [1.165, 1.54) is 0 Å². The topological polar surface area (TPSA) is 66.4 Å². The lowest BCUT2D eigenvalue weighted by molar-refractivity contribution is -0.148. The summed E-state index contributed by atoms with van der Waals surface area (Å²) in [4.78, 5) is 23.7. The highest BCUT2D eigenvalue weighted by atomic mass is 19.1. The Labute approximate surface area is 120 Å². The maximum Gasteiger partial charge on any atom is 0.307 e. The van der Waals surface area contributed by atoms with Crippen molar-refractivity contribution in [3.8, 4) is 0 Å². The number of aliphatic carboxylic acids is 1. The molecule has 4 nitrogen and oxygen atoms in total. The lowest BCUT2D eigenvalue weighted by Gasteiger charge is -2.27. The molecule has 6 heteroatoms. The smallest absolute Gasteiger partial charge is 0.307 e. The third kappa shape index (κ3) is 2.39. The molecule has 1 aromatic rings. The van der Waals surface area contributed by atoms with Gasteiger partial charge in [0.15, 0.2) is 0 Å². The Kier molecular flexibility index (Phi) is 3.39. The van der Waals surface area contributed by atoms with Crippen molar-refractivity contribution in [1.82, 2.24) is 0 Å². The summed E-state index contributed by atoms with van der Waals surface area (Å²) in [5.41, 5.74) is -0.244. The lowest BCUT2D eigenvalue weighted by Crippen LogP contribution is -2.38. The number of carboxylic acid groups (broad SMARTS) is 1. The third-order valence-corrected chi connectivity index (χ3v) is 4.69. The molecule has 0 aromatic heterocycles. The first kappa shape index (κ1) is 14.0. The van der Waals surface area contributed by atoms with Crippen molar-refractivity contribution >= 4 is 17.6 Å². The fourth-order valence-corrected chi connectivity index (χ4v) is 3.83. The molecule has 1 amide bonds. The molecule has 4 atom stereocenters. The van der Waals surface area contributed by atoms with Crippen LogP contribution in [0.3, 0.4) is 0 Å². The minimum absolute atomic E-state index is 0.0145. The second-order valence-corrected chi connectivity index (χ2v) is 5.84. The molecule has 0 aliphatic heterocycles. The predicted molar refractivity (Wildman–Crippen MR) is 70.4 cm³/mol. The molecule has 2 bridgehead atoms. The second-order valence-electron chi connectivity index (χ2n) is 5.84. The van der Waals surface area contributed by atoms with Gasteiger partial charge in [-0.25, -0.2) is 8.78 Å². The summed E-state index contributed by atoms with van der Waals surface area (Å²) in [7, 11) is 0. The van der Waals surface area contributed by atoms with E-state index < -0.39 is 35.3 Å². The highest BCUT2D eigenvalue weighted by molar-refractivity contribution is 5.96. The summed E-state index contributed by atoms with van der Waals surface area (Å²) in [6.45, 7) is 0. The van der Waals surface area contributed by atoms with Crippen molar-refractivity contribution < 1.29 is 23.5 Å². The van der Waals surface area contributed by atoms with Gasteiger partial charge in [0, 0.05) is 6.07 Å². The number of carbonyl (C=O) groups is 2. The molecular formula is C15H15F2NO3. The molecule has 2 saturated carbocycles. The van der Waals surface area contributed by atoms with Crippen LogP contribution in [0.2, 0.25) is 0 Å². The zero-order chi connectivity index (χ0) is 15.1. The molecule has 0 saturated heterocycles. The number of amides is 1. The Hall–Kier alpha value is -1.98. The molecule has 1 aromatic carbocycles. The van der Waals surface area contributed by atoms with Crippen LogP contribution in [0.15, 0.2) is 18.2 Å². The van der Waals surface area contributed by atoms with Gasteiger partial charge >= 0.3 is 5.97 Å². The van der Waals surface area contributed by atoms with Gasteiger partial charge in [0.05, 0.1) is 17.5 Å². The van der Waals surface area contributed by atoms with E-state index in [0.717, 1.165) is 37.5 Å². The van der Waals surface area contributed by atoms with Gasteiger partial charge < -0.3 is 10.4 Å². The molecule has 2 aliphatic carbocycles. The molecule has 0 unspecified atom stereocenters. The first-order valence-corrected chi connectivity index (χ1v) is 6.96. The average Bonchev–Trinajstić information content (AvgIpc) is 3.03. The van der Waals surface area contributed by atoms with Gasteiger partial charge in [0.1, 0.15) is 11.6 Å². The van der Waals surface area contributed by atoms with Crippen LogP contribution >= 0.6 is 0 Å². The number of benzene rings is 1. The van der Waals surface area contributed by atoms with E-state index in [1.54, 1.807) is 0 Å². The summed E-state index contributed by atoms with van der Waals surface area (Å²) in [5, 5.41) is 11.7. The van der Waals surface area contributed by atoms with Crippen molar-refractivity contribution in [1.29, 1.82) is 0 Å². The maximum absolute atomic E-state index is 13.6. The summed E-state index contributed by atoms with van der Waals surface area (Å²) in [6, 6.07) is 2.79. The Morgan fingerprint density at radius 1 is 1.14 bits per heavy atom. The molecular weight excluding hydrogens is 280 g/mol. The van der Waals surface area contributed by atoms with Gasteiger partial charge in [0.2, 0.25) is 5.91 Å². The monoisotopic (exact) mass is 295 g/mol. The van der Waals surface area contributed by atoms with Gasteiger partial charge in [0.25, 0.3) is 0 Å². The van der Waals surface area contributed by atoms with E-state index in [2.05, 4.69) is 5.32 Å². The van der Waals surface area contributed by atoms with Crippen LogP contribution in [-0.2, 0) is 9.59 Å². The number of rotatable bonds is 3. The Bertz CT molecular complexity index is 605. The van der Waals surface area contributed by atoms with E-state index in [0.29, 0.717) is 0 Å². The number of hydrogen-bond donors (Lipinski definition) is 2. The number of anilines is 1. The average molecular weight is 295 g/mol. The molecule has 3 rings (SSSR count). The first-order chi connectivity index (χ1) is 9.97. The summed E-state index contributed by atoms with van der Waals surface area (Å²) < 4.78 is 26.7. The number of nitrogens with one attached hydrogen (secondary N) is 1. The van der Waals surface area contributed by atoms with Crippen molar-refractivity contribution in [2.24, 2.45) is 23.7 Å². The second kappa shape index (κ2) is 5.09. The molecule has 0 spiro atoms. The summed E-state index contributed by atoms with van der Waals surface area (Å²) in [6.07, 6.45) is 2.36. The quantitative estimate of drug-likeness (QED) is 0.901. The number of halogens is 2. The van der Waals surface area contributed by atoms with Gasteiger partial charge in [-0.05, 0) is 43.2 Å². The van der Waals surface area contributed by atoms with Crippen LogP contribution in [-0.4, -0.2) is 17.0 Å². The van der Waals surface area contributed by atoms with Gasteiger partial charge in [-0.3, -0.25) is 9.59 Å². The molecule has 112 valence electrons. The van der Waals surface area contributed by atoms with Crippen LogP contribution in [0.5, 0.6) is 0 Å². The standard InChI is InChI=1S/C15H15F2NO3/c16-9-3-4-10(17)11(6-9)18-14(19)12-7-1-2-8(5-7)13(12)15(20)21/h3-4,6-8,12-13H,1-2,5H2,(H,18,19)(H,20,21)/t7-,8+,12-,13+/m0/s1. The fourth-order valence-electron chi connectivity index (χ4n) is 3.83. The van der Waals surface area contributed by atoms with E-state index in [1.807, 2.05) is 0 Å². The normalized spacial score (nSPS) is 30.4. The van der Waals surface area contributed by atoms with E-state index in [4.69, 9.17) is 0 Å². The molecule has 2 fully saturated rings. The molecule has 2 aliphatic rings. The molecule has 21 heavy (non-hydrogen) atoms. The van der Waals surface area contributed by atoms with E-state index >= 15 is 0 Å². The van der Waals surface area contributed by atoms with Crippen LogP contribution in [0, 0.1) is 35.3 Å². The number of hydrogen-bond acceptors (Lipinski definition) is 2. The van der Waals surface area contributed by atoms with Gasteiger partial charge in [-0.15, -0.1) is 0 Å². The van der Waals surface area contributed by atoms with Gasteiger partial charge in [-0.2, -0.15) is 0 Å². The van der Waals surface area contributed by atoms with E-state index in [-0.39, 0.29) is 17.5 Å². The number of fused-ring (bicyclic) bond motifs is 2. The van der Waals surface area contributed by atoms with E-state index in [9.17, 15) is 23.5 Å². The highest BCUT2D eigenvalue weighted by Gasteiger charge is 2.54. The molecule has 0 heterocycles. The summed E-state index contributed by atoms with van der Waals surface area (Å²) >= 11 is 0. The minimum Gasteiger partial charge on any atom is -0.481 e. The Balaban J connectivity index is 1.81. The third-order valence-electron chi connectivity index (χ3n) is 4.69. The van der Waals surface area contributed by atoms with Crippen LogP contribution < -0.4 is 5.32 Å². The molecule has 0 radical (unpaired) electrons. The number of carboxylic acids is 1. The predicted octanol–water partition coefficient (Wildman–Crippen LogP) is 2.65. The highest BCUT2D eigenvalue weighted by Crippen LogP contribution is 2.52. The first-order valence-electron chi connectivity index (χ1n) is 6.96. The van der Waals surface area contributed by atoms with Crippen molar-refractivity contribution in [2.75, 3.05) is 5.32 Å². The zero-order valence-corrected chi connectivity index (χ0v) is 11.2. The van der Waals surface area contributed by atoms with Crippen molar-refractivity contribution in [3.05, 3.63) is 29.8 Å². The lowest BCUT2D eigenvalue weighted by atomic mass is 9.78.